The summed E-state index contributed by atoms with van der Waals surface area (Å²) in [7, 11) is 0. The van der Waals surface area contributed by atoms with E-state index in [0.29, 0.717) is 0 Å². The molecule has 2 rings (SSSR count). The van der Waals surface area contributed by atoms with Crippen molar-refractivity contribution in [1.82, 2.24) is 15.1 Å². The van der Waals surface area contributed by atoms with Crippen LogP contribution >= 0.6 is 0 Å². The van der Waals surface area contributed by atoms with E-state index in [-0.39, 0.29) is 0 Å². The van der Waals surface area contributed by atoms with Gasteiger partial charge in [0.1, 0.15) is 0 Å². The molecular weight excluding hydrogens is 214 g/mol. The first-order chi connectivity index (χ1) is 8.38. The van der Waals surface area contributed by atoms with Gasteiger partial charge in [-0.1, -0.05) is 6.92 Å². The molecule has 1 atom stereocenters. The second kappa shape index (κ2) is 7.31. The van der Waals surface area contributed by atoms with Crippen molar-refractivity contribution in [3.05, 3.63) is 0 Å². The fourth-order valence-corrected chi connectivity index (χ4v) is 2.62. The van der Waals surface area contributed by atoms with Crippen molar-refractivity contribution in [3.8, 4) is 0 Å². The van der Waals surface area contributed by atoms with Crippen LogP contribution in [-0.4, -0.2) is 75.4 Å². The Hall–Kier alpha value is -0.160. The van der Waals surface area contributed by atoms with Crippen LogP contribution in [0, 0.1) is 5.92 Å². The number of nitrogens with zero attached hydrogens (tertiary/aromatic N) is 2. The first-order valence-corrected chi connectivity index (χ1v) is 7.11. The Morgan fingerprint density at radius 1 is 1.18 bits per heavy atom. The van der Waals surface area contributed by atoms with E-state index in [2.05, 4.69) is 22.0 Å². The van der Waals surface area contributed by atoms with Gasteiger partial charge in [0, 0.05) is 52.4 Å². The van der Waals surface area contributed by atoms with Crippen molar-refractivity contribution in [3.63, 3.8) is 0 Å². The van der Waals surface area contributed by atoms with Crippen LogP contribution in [0.3, 0.4) is 0 Å². The zero-order valence-electron chi connectivity index (χ0n) is 11.2. The molecule has 4 nitrogen and oxygen atoms in total. The summed E-state index contributed by atoms with van der Waals surface area (Å²) in [6, 6.07) is 0. The monoisotopic (exact) mass is 241 g/mol. The Balaban J connectivity index is 1.48. The van der Waals surface area contributed by atoms with Gasteiger partial charge in [-0.3, -0.25) is 4.90 Å². The van der Waals surface area contributed by atoms with Gasteiger partial charge < -0.3 is 15.0 Å². The SMILES string of the molecule is CCN1CCN(CCNCC2CCOC2)CC1. The molecule has 2 aliphatic rings. The quantitative estimate of drug-likeness (QED) is 0.675. The van der Waals surface area contributed by atoms with Gasteiger partial charge in [0.15, 0.2) is 0 Å². The van der Waals surface area contributed by atoms with E-state index in [4.69, 9.17) is 4.74 Å². The maximum Gasteiger partial charge on any atom is 0.0507 e. The van der Waals surface area contributed by atoms with Gasteiger partial charge in [-0.25, -0.2) is 0 Å². The molecule has 1 N–H and O–H groups in total. The Labute approximate surface area is 105 Å². The lowest BCUT2D eigenvalue weighted by Gasteiger charge is -2.34. The highest BCUT2D eigenvalue weighted by molar-refractivity contribution is 4.72. The molecule has 0 aromatic carbocycles. The van der Waals surface area contributed by atoms with Crippen LogP contribution in [-0.2, 0) is 4.74 Å². The third-order valence-corrected chi connectivity index (χ3v) is 3.97. The average molecular weight is 241 g/mol. The number of hydrogen-bond donors (Lipinski definition) is 1. The molecule has 0 aromatic heterocycles. The van der Waals surface area contributed by atoms with Crippen LogP contribution in [0.15, 0.2) is 0 Å². The lowest BCUT2D eigenvalue weighted by Crippen LogP contribution is -2.48. The third-order valence-electron chi connectivity index (χ3n) is 3.97. The zero-order valence-corrected chi connectivity index (χ0v) is 11.2. The van der Waals surface area contributed by atoms with Crippen LogP contribution in [0.5, 0.6) is 0 Å². The number of hydrogen-bond acceptors (Lipinski definition) is 4. The number of ether oxygens (including phenoxy) is 1. The van der Waals surface area contributed by atoms with Gasteiger partial charge in [-0.15, -0.1) is 0 Å². The number of piperazine rings is 1. The normalized spacial score (nSPS) is 27.7. The first kappa shape index (κ1) is 13.3. The molecule has 0 spiro atoms. The molecule has 0 aromatic rings. The largest absolute Gasteiger partial charge is 0.381 e. The van der Waals surface area contributed by atoms with Gasteiger partial charge in [0.2, 0.25) is 0 Å². The van der Waals surface area contributed by atoms with Crippen LogP contribution in [0.1, 0.15) is 13.3 Å². The molecule has 0 radical (unpaired) electrons. The molecule has 100 valence electrons. The van der Waals surface area contributed by atoms with E-state index in [1.165, 1.54) is 45.7 Å². The summed E-state index contributed by atoms with van der Waals surface area (Å²) in [5.74, 6) is 0.756. The van der Waals surface area contributed by atoms with E-state index >= 15 is 0 Å². The van der Waals surface area contributed by atoms with E-state index in [1.54, 1.807) is 0 Å². The minimum absolute atomic E-state index is 0.756. The van der Waals surface area contributed by atoms with Crippen molar-refractivity contribution >= 4 is 0 Å². The Morgan fingerprint density at radius 3 is 2.59 bits per heavy atom. The highest BCUT2D eigenvalue weighted by atomic mass is 16.5. The zero-order chi connectivity index (χ0) is 11.9. The van der Waals surface area contributed by atoms with Crippen LogP contribution in [0.2, 0.25) is 0 Å². The third kappa shape index (κ3) is 4.54. The molecule has 1 unspecified atom stereocenters. The van der Waals surface area contributed by atoms with Crippen LogP contribution in [0.4, 0.5) is 0 Å². The second-order valence-electron chi connectivity index (χ2n) is 5.21. The first-order valence-electron chi connectivity index (χ1n) is 7.11. The lowest BCUT2D eigenvalue weighted by atomic mass is 10.1. The van der Waals surface area contributed by atoms with Crippen LogP contribution < -0.4 is 5.32 Å². The summed E-state index contributed by atoms with van der Waals surface area (Å²) in [6.45, 7) is 13.8. The molecule has 2 saturated heterocycles. The number of likely N-dealkylation sites (N-methyl/N-ethyl adjacent to an activating group) is 1. The molecular formula is C13H27N3O. The molecule has 0 aliphatic carbocycles. The topological polar surface area (TPSA) is 27.7 Å². The number of nitrogens with one attached hydrogen (secondary N) is 1. The molecule has 0 amide bonds. The molecule has 0 saturated carbocycles. The minimum Gasteiger partial charge on any atom is -0.381 e. The van der Waals surface area contributed by atoms with E-state index < -0.39 is 0 Å². The van der Waals surface area contributed by atoms with Crippen LogP contribution in [0.25, 0.3) is 0 Å². The van der Waals surface area contributed by atoms with Crippen molar-refractivity contribution in [1.29, 1.82) is 0 Å². The maximum atomic E-state index is 5.37. The highest BCUT2D eigenvalue weighted by Crippen LogP contribution is 2.10. The van der Waals surface area contributed by atoms with E-state index in [1.807, 2.05) is 0 Å². The maximum absolute atomic E-state index is 5.37. The van der Waals surface area contributed by atoms with E-state index in [0.717, 1.165) is 32.2 Å². The van der Waals surface area contributed by atoms with Crippen molar-refractivity contribution in [2.75, 3.05) is 65.6 Å². The van der Waals surface area contributed by atoms with Gasteiger partial charge in [-0.05, 0) is 18.9 Å². The fraction of sp³-hybridized carbons (Fsp3) is 1.00. The molecule has 2 fully saturated rings. The number of rotatable bonds is 6. The summed E-state index contributed by atoms with van der Waals surface area (Å²) in [5.41, 5.74) is 0. The summed E-state index contributed by atoms with van der Waals surface area (Å²) < 4.78 is 5.37. The average Bonchev–Trinajstić information content (AvgIpc) is 2.88. The molecule has 2 aliphatic heterocycles. The fourth-order valence-electron chi connectivity index (χ4n) is 2.62. The minimum atomic E-state index is 0.756. The van der Waals surface area contributed by atoms with Gasteiger partial charge in [0.25, 0.3) is 0 Å². The summed E-state index contributed by atoms with van der Waals surface area (Å²) in [6.07, 6.45) is 1.24. The Bertz CT molecular complexity index is 199. The van der Waals surface area contributed by atoms with Crippen molar-refractivity contribution in [2.45, 2.75) is 13.3 Å². The summed E-state index contributed by atoms with van der Waals surface area (Å²) in [4.78, 5) is 5.10. The standard InChI is InChI=1S/C13H27N3O/c1-2-15-6-8-16(9-7-15)5-4-14-11-13-3-10-17-12-13/h13-14H,2-12H2,1H3. The summed E-state index contributed by atoms with van der Waals surface area (Å²) >= 11 is 0. The smallest absolute Gasteiger partial charge is 0.0507 e. The van der Waals surface area contributed by atoms with Gasteiger partial charge in [0.05, 0.1) is 6.61 Å². The Kier molecular flexibility index (Phi) is 5.71. The second-order valence-corrected chi connectivity index (χ2v) is 5.21. The lowest BCUT2D eigenvalue weighted by molar-refractivity contribution is 0.137. The molecule has 4 heteroatoms. The highest BCUT2D eigenvalue weighted by Gasteiger charge is 2.16. The molecule has 2 heterocycles. The van der Waals surface area contributed by atoms with Crippen molar-refractivity contribution in [2.24, 2.45) is 5.92 Å². The predicted molar refractivity (Wildman–Crippen MR) is 70.3 cm³/mol. The van der Waals surface area contributed by atoms with Gasteiger partial charge >= 0.3 is 0 Å². The predicted octanol–water partition coefficient (Wildman–Crippen LogP) is 0.250. The van der Waals surface area contributed by atoms with Crippen molar-refractivity contribution < 1.29 is 4.74 Å². The molecule has 0 bridgehead atoms. The molecule has 17 heavy (non-hydrogen) atoms. The Morgan fingerprint density at radius 2 is 1.94 bits per heavy atom. The van der Waals surface area contributed by atoms with E-state index in [9.17, 15) is 0 Å². The summed E-state index contributed by atoms with van der Waals surface area (Å²) in [5, 5.41) is 3.56. The van der Waals surface area contributed by atoms with Gasteiger partial charge in [-0.2, -0.15) is 0 Å².